The summed E-state index contributed by atoms with van der Waals surface area (Å²) in [6, 6.07) is 6.04. The zero-order valence-electron chi connectivity index (χ0n) is 15.4. The van der Waals surface area contributed by atoms with Crippen LogP contribution in [0, 0.1) is 6.92 Å². The highest BCUT2D eigenvalue weighted by Crippen LogP contribution is 2.34. The number of amides is 2. The number of nitrogens with zero attached hydrogens (tertiary/aromatic N) is 2. The molecule has 0 atom stereocenters. The maximum Gasteiger partial charge on any atom is 0.270 e. The van der Waals surface area contributed by atoms with Crippen LogP contribution < -0.4 is 15.0 Å². The highest BCUT2D eigenvalue weighted by molar-refractivity contribution is 7.09. The van der Waals surface area contributed by atoms with Crippen LogP contribution in [-0.2, 0) is 11.3 Å². The lowest BCUT2D eigenvalue weighted by atomic mass is 9.95. The van der Waals surface area contributed by atoms with Crippen molar-refractivity contribution in [3.05, 3.63) is 39.8 Å². The Kier molecular flexibility index (Phi) is 5.11. The summed E-state index contributed by atoms with van der Waals surface area (Å²) in [6.07, 6.45) is 5.68. The predicted molar refractivity (Wildman–Crippen MR) is 104 cm³/mol. The van der Waals surface area contributed by atoms with Gasteiger partial charge in [-0.3, -0.25) is 14.5 Å². The maximum atomic E-state index is 12.5. The first kappa shape index (κ1) is 18.0. The van der Waals surface area contributed by atoms with E-state index in [2.05, 4.69) is 10.3 Å². The lowest BCUT2D eigenvalue weighted by Gasteiger charge is -2.29. The highest BCUT2D eigenvalue weighted by atomic mass is 32.1. The van der Waals surface area contributed by atoms with Gasteiger partial charge in [-0.15, -0.1) is 11.3 Å². The van der Waals surface area contributed by atoms with Gasteiger partial charge in [-0.1, -0.05) is 25.3 Å². The van der Waals surface area contributed by atoms with Crippen molar-refractivity contribution in [3.8, 4) is 5.75 Å². The van der Waals surface area contributed by atoms with E-state index >= 15 is 0 Å². The van der Waals surface area contributed by atoms with Crippen LogP contribution in [0.2, 0.25) is 0 Å². The van der Waals surface area contributed by atoms with Crippen molar-refractivity contribution in [2.45, 2.75) is 51.6 Å². The van der Waals surface area contributed by atoms with Crippen molar-refractivity contribution < 1.29 is 14.3 Å². The average molecular weight is 385 g/mol. The van der Waals surface area contributed by atoms with Crippen molar-refractivity contribution >= 4 is 28.8 Å². The van der Waals surface area contributed by atoms with Gasteiger partial charge in [-0.05, 0) is 37.5 Å². The van der Waals surface area contributed by atoms with Gasteiger partial charge in [0.05, 0.1) is 12.2 Å². The summed E-state index contributed by atoms with van der Waals surface area (Å²) < 4.78 is 5.51. The summed E-state index contributed by atoms with van der Waals surface area (Å²) in [7, 11) is 0. The van der Waals surface area contributed by atoms with Crippen LogP contribution in [0.1, 0.15) is 53.2 Å². The van der Waals surface area contributed by atoms with Gasteiger partial charge in [0.15, 0.2) is 6.61 Å². The van der Waals surface area contributed by atoms with Gasteiger partial charge in [-0.25, -0.2) is 4.98 Å². The molecule has 6 nitrogen and oxygen atoms in total. The van der Waals surface area contributed by atoms with Gasteiger partial charge in [0.25, 0.3) is 11.8 Å². The number of fused-ring (bicyclic) bond motifs is 1. The number of benzene rings is 1. The number of hydrogen-bond acceptors (Lipinski definition) is 5. The molecule has 142 valence electrons. The molecule has 1 aromatic carbocycles. The van der Waals surface area contributed by atoms with Crippen molar-refractivity contribution in [1.29, 1.82) is 0 Å². The Hall–Kier alpha value is -2.41. The van der Waals surface area contributed by atoms with Crippen molar-refractivity contribution in [1.82, 2.24) is 10.3 Å². The summed E-state index contributed by atoms with van der Waals surface area (Å²) in [5, 5.41) is 5.60. The third-order valence-corrected chi connectivity index (χ3v) is 5.91. The Morgan fingerprint density at radius 1 is 1.33 bits per heavy atom. The highest BCUT2D eigenvalue weighted by Gasteiger charge is 2.27. The summed E-state index contributed by atoms with van der Waals surface area (Å²) in [6.45, 7) is 2.35. The van der Waals surface area contributed by atoms with Crippen molar-refractivity contribution in [2.24, 2.45) is 0 Å². The third kappa shape index (κ3) is 3.98. The first-order valence-electron chi connectivity index (χ1n) is 9.39. The Balaban J connectivity index is 1.47. The molecule has 0 saturated heterocycles. The fourth-order valence-electron chi connectivity index (χ4n) is 3.61. The van der Waals surface area contributed by atoms with Crippen LogP contribution in [0.5, 0.6) is 5.75 Å². The second kappa shape index (κ2) is 7.68. The average Bonchev–Trinajstić information content (AvgIpc) is 3.14. The van der Waals surface area contributed by atoms with E-state index in [9.17, 15) is 9.59 Å². The Labute approximate surface area is 162 Å². The molecule has 1 aliphatic heterocycles. The topological polar surface area (TPSA) is 71.5 Å². The molecule has 1 aliphatic carbocycles. The smallest absolute Gasteiger partial charge is 0.270 e. The number of anilines is 1. The van der Waals surface area contributed by atoms with Gasteiger partial charge >= 0.3 is 0 Å². The van der Waals surface area contributed by atoms with Crippen LogP contribution in [0.25, 0.3) is 0 Å². The molecule has 2 aliphatic rings. The molecule has 2 heterocycles. The molecule has 27 heavy (non-hydrogen) atoms. The monoisotopic (exact) mass is 385 g/mol. The number of rotatable bonds is 4. The van der Waals surface area contributed by atoms with Crippen LogP contribution in [0.3, 0.4) is 0 Å². The standard InChI is InChI=1S/C20H23N3O3S/c1-13-7-8-17-16(9-13)23(19(24)11-26-17)10-18-22-15(12-27-18)20(25)21-14-5-3-2-4-6-14/h7-9,12,14H,2-6,10-11H2,1H3,(H,21,25). The normalized spacial score (nSPS) is 17.4. The predicted octanol–water partition coefficient (Wildman–Crippen LogP) is 3.44. The Morgan fingerprint density at radius 2 is 2.15 bits per heavy atom. The maximum absolute atomic E-state index is 12.5. The second-order valence-corrected chi connectivity index (χ2v) is 8.12. The molecule has 1 saturated carbocycles. The molecular formula is C20H23N3O3S. The number of carbonyl (C=O) groups is 2. The van der Waals surface area contributed by atoms with E-state index in [1.807, 2.05) is 25.1 Å². The second-order valence-electron chi connectivity index (χ2n) is 7.17. The van der Waals surface area contributed by atoms with Gasteiger partial charge in [0, 0.05) is 11.4 Å². The molecule has 1 aromatic heterocycles. The molecule has 0 unspecified atom stereocenters. The van der Waals surface area contributed by atoms with Crippen molar-refractivity contribution in [3.63, 3.8) is 0 Å². The summed E-state index contributed by atoms with van der Waals surface area (Å²) in [5.41, 5.74) is 2.25. The van der Waals surface area contributed by atoms with Gasteiger partial charge < -0.3 is 10.1 Å². The quantitative estimate of drug-likeness (QED) is 0.875. The first-order valence-corrected chi connectivity index (χ1v) is 10.3. The molecule has 1 fully saturated rings. The number of ether oxygens (including phenoxy) is 1. The fraction of sp³-hybridized carbons (Fsp3) is 0.450. The Morgan fingerprint density at radius 3 is 2.96 bits per heavy atom. The molecule has 2 amide bonds. The summed E-state index contributed by atoms with van der Waals surface area (Å²) in [4.78, 5) is 31.0. The summed E-state index contributed by atoms with van der Waals surface area (Å²) in [5.74, 6) is 0.484. The van der Waals surface area contributed by atoms with E-state index in [1.165, 1.54) is 30.6 Å². The largest absolute Gasteiger partial charge is 0.482 e. The molecule has 0 bridgehead atoms. The number of thiazole rings is 1. The molecule has 1 N–H and O–H groups in total. The molecule has 2 aromatic rings. The minimum atomic E-state index is -0.117. The molecule has 4 rings (SSSR count). The van der Waals surface area contributed by atoms with E-state index < -0.39 is 0 Å². The zero-order valence-corrected chi connectivity index (χ0v) is 16.2. The van der Waals surface area contributed by atoms with E-state index in [1.54, 1.807) is 10.3 Å². The van der Waals surface area contributed by atoms with Crippen LogP contribution in [0.15, 0.2) is 23.6 Å². The third-order valence-electron chi connectivity index (χ3n) is 5.08. The van der Waals surface area contributed by atoms with Gasteiger partial charge in [0.2, 0.25) is 0 Å². The van der Waals surface area contributed by atoms with Crippen LogP contribution >= 0.6 is 11.3 Å². The number of nitrogens with one attached hydrogen (secondary N) is 1. The molecule has 7 heteroatoms. The number of hydrogen-bond donors (Lipinski definition) is 1. The number of carbonyl (C=O) groups excluding carboxylic acids is 2. The van der Waals surface area contributed by atoms with E-state index in [4.69, 9.17) is 4.74 Å². The Bertz CT molecular complexity index is 858. The van der Waals surface area contributed by atoms with E-state index in [-0.39, 0.29) is 24.5 Å². The van der Waals surface area contributed by atoms with E-state index in [0.717, 1.165) is 29.1 Å². The number of aryl methyl sites for hydroxylation is 1. The van der Waals surface area contributed by atoms with Gasteiger partial charge in [0.1, 0.15) is 16.5 Å². The molecule has 0 spiro atoms. The summed E-state index contributed by atoms with van der Waals surface area (Å²) >= 11 is 1.41. The lowest BCUT2D eigenvalue weighted by molar-refractivity contribution is -0.121. The molecule has 0 radical (unpaired) electrons. The van der Waals surface area contributed by atoms with Crippen LogP contribution in [0.4, 0.5) is 5.69 Å². The molecular weight excluding hydrogens is 362 g/mol. The van der Waals surface area contributed by atoms with Crippen molar-refractivity contribution in [2.75, 3.05) is 11.5 Å². The number of aromatic nitrogens is 1. The van der Waals surface area contributed by atoms with Crippen LogP contribution in [-0.4, -0.2) is 29.4 Å². The zero-order chi connectivity index (χ0) is 18.8. The first-order chi connectivity index (χ1) is 13.1. The SMILES string of the molecule is Cc1ccc2c(c1)N(Cc1nc(C(=O)NC3CCCCC3)cs1)C(=O)CO2. The fourth-order valence-corrected chi connectivity index (χ4v) is 4.38. The van der Waals surface area contributed by atoms with Gasteiger partial charge in [-0.2, -0.15) is 0 Å². The van der Waals surface area contributed by atoms with E-state index in [0.29, 0.717) is 18.0 Å². The minimum absolute atomic E-state index is 0.0243. The minimum Gasteiger partial charge on any atom is -0.482 e. The lowest BCUT2D eigenvalue weighted by Crippen LogP contribution is -2.38.